The number of hydrogen-bond acceptors (Lipinski definition) is 3. The Morgan fingerprint density at radius 2 is 0.658 bits per heavy atom. The molecule has 15 rings (SSSR count). The minimum atomic E-state index is -0.199. The van der Waals surface area contributed by atoms with Gasteiger partial charge in [0.1, 0.15) is 0 Å². The van der Waals surface area contributed by atoms with E-state index in [1.54, 1.807) is 0 Å². The number of benzene rings is 11. The lowest BCUT2D eigenvalue weighted by Crippen LogP contribution is -2.62. The highest BCUT2D eigenvalue weighted by Crippen LogP contribution is 2.55. The van der Waals surface area contributed by atoms with E-state index in [0.29, 0.717) is 0 Å². The smallest absolute Gasteiger partial charge is 0.253 e. The van der Waals surface area contributed by atoms with Crippen LogP contribution in [-0.2, 0) is 10.8 Å². The van der Waals surface area contributed by atoms with Gasteiger partial charge in [-0.15, -0.1) is 0 Å². The van der Waals surface area contributed by atoms with Crippen LogP contribution < -0.4 is 31.1 Å². The summed E-state index contributed by atoms with van der Waals surface area (Å²) >= 11 is 0. The van der Waals surface area contributed by atoms with Gasteiger partial charge in [0.05, 0.1) is 5.69 Å². The Morgan fingerprint density at radius 1 is 0.289 bits per heavy atom. The quantitative estimate of drug-likeness (QED) is 0.147. The van der Waals surface area contributed by atoms with Crippen molar-refractivity contribution < 1.29 is 0 Å². The lowest BCUT2D eigenvalue weighted by atomic mass is 9.32. The minimum Gasteiger partial charge on any atom is -0.311 e. The number of nitrogens with zero attached hydrogens (tertiary/aromatic N) is 3. The van der Waals surface area contributed by atoms with Crippen LogP contribution in [0.3, 0.4) is 0 Å². The summed E-state index contributed by atoms with van der Waals surface area (Å²) in [6.45, 7) is 9.42. The van der Waals surface area contributed by atoms with Gasteiger partial charge < -0.3 is 14.7 Å². The van der Waals surface area contributed by atoms with Gasteiger partial charge in [0.2, 0.25) is 0 Å². The topological polar surface area (TPSA) is 9.72 Å². The average Bonchev–Trinajstić information content (AvgIpc) is 3.99. The Balaban J connectivity index is 1.09. The third-order valence-corrected chi connectivity index (χ3v) is 17.2. The maximum atomic E-state index is 2.62. The summed E-state index contributed by atoms with van der Waals surface area (Å²) in [5.41, 5.74) is 29.3. The minimum absolute atomic E-state index is 0.156. The van der Waals surface area contributed by atoms with Crippen molar-refractivity contribution in [3.05, 3.63) is 277 Å². The van der Waals surface area contributed by atoms with Crippen molar-refractivity contribution in [1.29, 1.82) is 0 Å². The first-order valence-corrected chi connectivity index (χ1v) is 26.8. The Bertz CT molecular complexity index is 3860. The molecule has 11 aromatic carbocycles. The van der Waals surface area contributed by atoms with Gasteiger partial charge in [-0.1, -0.05) is 210 Å². The van der Waals surface area contributed by atoms with Crippen LogP contribution in [-0.4, -0.2) is 6.71 Å². The summed E-state index contributed by atoms with van der Waals surface area (Å²) in [5.74, 6) is 0. The summed E-state index contributed by atoms with van der Waals surface area (Å²) < 4.78 is 0. The summed E-state index contributed by atoms with van der Waals surface area (Å²) in [4.78, 5) is 7.68. The molecule has 0 atom stereocenters. The predicted molar refractivity (Wildman–Crippen MR) is 321 cm³/mol. The van der Waals surface area contributed by atoms with Gasteiger partial charge >= 0.3 is 0 Å². The van der Waals surface area contributed by atoms with Crippen LogP contribution in [0.25, 0.3) is 44.5 Å². The molecule has 11 aromatic rings. The van der Waals surface area contributed by atoms with Crippen molar-refractivity contribution in [1.82, 2.24) is 0 Å². The normalized spacial score (nSPS) is 14.4. The van der Waals surface area contributed by atoms with Gasteiger partial charge in [0.25, 0.3) is 6.71 Å². The fraction of sp³-hybridized carbons (Fsp3) is 0.0833. The molecule has 0 bridgehead atoms. The van der Waals surface area contributed by atoms with Crippen molar-refractivity contribution in [2.24, 2.45) is 0 Å². The third-order valence-electron chi connectivity index (χ3n) is 17.2. The molecule has 0 N–H and O–H groups in total. The molecule has 4 aliphatic rings. The van der Waals surface area contributed by atoms with Crippen molar-refractivity contribution in [3.8, 4) is 44.5 Å². The highest BCUT2D eigenvalue weighted by molar-refractivity contribution is 7.02. The van der Waals surface area contributed by atoms with Crippen LogP contribution in [0, 0.1) is 0 Å². The van der Waals surface area contributed by atoms with E-state index in [2.05, 4.69) is 297 Å². The molecule has 4 heteroatoms. The largest absolute Gasteiger partial charge is 0.311 e. The van der Waals surface area contributed by atoms with Crippen LogP contribution in [0.1, 0.15) is 49.9 Å². The van der Waals surface area contributed by atoms with Gasteiger partial charge in [0, 0.05) is 56.3 Å². The highest BCUT2D eigenvalue weighted by atomic mass is 15.2. The van der Waals surface area contributed by atoms with Crippen LogP contribution in [0.15, 0.2) is 255 Å². The van der Waals surface area contributed by atoms with Gasteiger partial charge in [0.15, 0.2) is 0 Å². The first-order valence-electron chi connectivity index (χ1n) is 26.8. The first kappa shape index (κ1) is 44.4. The molecular formula is C72H54BN3. The standard InChI is InChI=1S/C72H54BN3/c1-71(2)60-35-19-17-31-56(60)58-41-39-51(43-62(58)71)75-64-37-21-33-54(47-23-9-5-10-24-47)68(64)73-69-55(48-25-11-6-12-26-48)34-22-38-65(69)76(52-40-42-59-57-32-18-20-36-61(57)72(3,4)63(59)44-52)67-46-53(45-66(75)70(67)73)74(49-27-13-7-14-28-49)50-29-15-8-16-30-50/h5-46H,1-4H3. The number of fused-ring (bicyclic) bond motifs is 10. The molecule has 0 unspecified atom stereocenters. The molecule has 2 aliphatic carbocycles. The Morgan fingerprint density at radius 3 is 1.09 bits per heavy atom. The molecule has 0 saturated carbocycles. The number of rotatable bonds is 7. The second-order valence-electron chi connectivity index (χ2n) is 22.0. The zero-order chi connectivity index (χ0) is 50.9. The molecule has 76 heavy (non-hydrogen) atoms. The molecule has 0 saturated heterocycles. The predicted octanol–water partition coefficient (Wildman–Crippen LogP) is 17.2. The second-order valence-corrected chi connectivity index (χ2v) is 22.0. The molecule has 0 radical (unpaired) electrons. The zero-order valence-electron chi connectivity index (χ0n) is 43.2. The molecular weight excluding hydrogens is 918 g/mol. The van der Waals surface area contributed by atoms with E-state index in [1.165, 1.54) is 94.5 Å². The van der Waals surface area contributed by atoms with E-state index in [1.807, 2.05) is 0 Å². The monoisotopic (exact) mass is 971 g/mol. The fourth-order valence-electron chi connectivity index (χ4n) is 13.8. The third kappa shape index (κ3) is 6.43. The van der Waals surface area contributed by atoms with Crippen LogP contribution in [0.2, 0.25) is 0 Å². The van der Waals surface area contributed by atoms with E-state index < -0.39 is 0 Å². The lowest BCUT2D eigenvalue weighted by Gasteiger charge is -2.46. The Labute approximate surface area is 446 Å². The van der Waals surface area contributed by atoms with Crippen molar-refractivity contribution in [2.75, 3.05) is 14.7 Å². The lowest BCUT2D eigenvalue weighted by molar-refractivity contribution is 0.660. The van der Waals surface area contributed by atoms with E-state index in [0.717, 1.165) is 39.8 Å². The molecule has 3 nitrogen and oxygen atoms in total. The zero-order valence-corrected chi connectivity index (χ0v) is 43.2. The summed E-state index contributed by atoms with van der Waals surface area (Å²) in [7, 11) is 0. The van der Waals surface area contributed by atoms with E-state index in [-0.39, 0.29) is 17.5 Å². The fourth-order valence-corrected chi connectivity index (χ4v) is 13.8. The van der Waals surface area contributed by atoms with Crippen LogP contribution in [0.5, 0.6) is 0 Å². The number of hydrogen-bond donors (Lipinski definition) is 0. The van der Waals surface area contributed by atoms with Gasteiger partial charge in [-0.3, -0.25) is 0 Å². The molecule has 0 fully saturated rings. The summed E-state index contributed by atoms with van der Waals surface area (Å²) in [6, 6.07) is 95.5. The van der Waals surface area contributed by atoms with Gasteiger partial charge in [-0.05, 0) is 156 Å². The van der Waals surface area contributed by atoms with Gasteiger partial charge in [-0.2, -0.15) is 0 Å². The van der Waals surface area contributed by atoms with Crippen molar-refractivity contribution >= 4 is 74.3 Å². The van der Waals surface area contributed by atoms with Crippen molar-refractivity contribution in [3.63, 3.8) is 0 Å². The maximum absolute atomic E-state index is 2.62. The number of para-hydroxylation sites is 2. The highest BCUT2D eigenvalue weighted by Gasteiger charge is 2.47. The van der Waals surface area contributed by atoms with E-state index >= 15 is 0 Å². The molecule has 360 valence electrons. The van der Waals surface area contributed by atoms with E-state index in [9.17, 15) is 0 Å². The van der Waals surface area contributed by atoms with E-state index in [4.69, 9.17) is 0 Å². The molecule has 0 spiro atoms. The SMILES string of the molecule is CC1(C)c2ccccc2-c2ccc(N3c4cccc(-c5ccccc5)c4B4c5c(-c6ccccc6)cccc5N(c5ccc6c(c5)C(C)(C)c5ccccc5-6)c5cc(N(c6ccccc6)c6ccccc6)cc3c54)cc21. The summed E-state index contributed by atoms with van der Waals surface area (Å²) in [6.07, 6.45) is 0. The van der Waals surface area contributed by atoms with Crippen LogP contribution >= 0.6 is 0 Å². The van der Waals surface area contributed by atoms with Crippen LogP contribution in [0.4, 0.5) is 51.2 Å². The molecule has 2 aliphatic heterocycles. The molecule has 0 aromatic heterocycles. The summed E-state index contributed by atoms with van der Waals surface area (Å²) in [5, 5.41) is 0. The van der Waals surface area contributed by atoms with Crippen molar-refractivity contribution in [2.45, 2.75) is 38.5 Å². The molecule has 0 amide bonds. The first-order chi connectivity index (χ1) is 37.3. The number of anilines is 9. The maximum Gasteiger partial charge on any atom is 0.253 e. The van der Waals surface area contributed by atoms with Gasteiger partial charge in [-0.25, -0.2) is 0 Å². The molecule has 2 heterocycles. The Hall–Kier alpha value is -9.12. The Kier molecular flexibility index (Phi) is 9.75. The second kappa shape index (κ2) is 16.7. The average molecular weight is 972 g/mol.